The van der Waals surface area contributed by atoms with Crippen LogP contribution in [0.3, 0.4) is 0 Å². The predicted octanol–water partition coefficient (Wildman–Crippen LogP) is 7.85. The third-order valence-electron chi connectivity index (χ3n) is 8.40. The Kier molecular flexibility index (Phi) is 29.1. The molecule has 0 aliphatic rings. The Balaban J connectivity index is 4.45. The molecule has 0 spiro atoms. The highest BCUT2D eigenvalue weighted by molar-refractivity contribution is 5.70. The minimum Gasteiger partial charge on any atom is -0.544 e. The van der Waals surface area contributed by atoms with Gasteiger partial charge in [-0.15, -0.1) is 0 Å². The van der Waals surface area contributed by atoms with Crippen molar-refractivity contribution in [2.75, 3.05) is 41.0 Å². The molecule has 0 aliphatic carbocycles. The number of allylic oxidation sites excluding steroid dienone is 2. The van der Waals surface area contributed by atoms with Crippen LogP contribution in [0.15, 0.2) is 12.2 Å². The number of rotatable bonds is 33. The molecular formula is C38H71NO7. The van der Waals surface area contributed by atoms with E-state index in [9.17, 15) is 19.5 Å². The van der Waals surface area contributed by atoms with E-state index < -0.39 is 18.1 Å². The molecule has 0 N–H and O–H groups in total. The first-order valence-electron chi connectivity index (χ1n) is 18.7. The van der Waals surface area contributed by atoms with Crippen LogP contribution in [0.1, 0.15) is 162 Å². The van der Waals surface area contributed by atoms with Gasteiger partial charge in [0.05, 0.1) is 40.3 Å². The van der Waals surface area contributed by atoms with Crippen molar-refractivity contribution in [3.63, 3.8) is 0 Å². The van der Waals surface area contributed by atoms with E-state index in [-0.39, 0.29) is 42.7 Å². The van der Waals surface area contributed by atoms with Gasteiger partial charge in [-0.25, -0.2) is 0 Å². The summed E-state index contributed by atoms with van der Waals surface area (Å²) in [5.74, 6) is -1.76. The normalized spacial score (nSPS) is 13.2. The van der Waals surface area contributed by atoms with Gasteiger partial charge in [0.25, 0.3) is 0 Å². The van der Waals surface area contributed by atoms with Crippen LogP contribution in [0, 0.1) is 0 Å². The van der Waals surface area contributed by atoms with Gasteiger partial charge in [0.1, 0.15) is 12.6 Å². The monoisotopic (exact) mass is 654 g/mol. The highest BCUT2D eigenvalue weighted by Crippen LogP contribution is 2.13. The number of carbonyl (C=O) groups is 3. The molecule has 0 radical (unpaired) electrons. The molecule has 0 fully saturated rings. The largest absolute Gasteiger partial charge is 0.544 e. The van der Waals surface area contributed by atoms with Gasteiger partial charge < -0.3 is 28.6 Å². The number of carboxylic acids is 1. The third-order valence-corrected chi connectivity index (χ3v) is 8.40. The van der Waals surface area contributed by atoms with Crippen LogP contribution in [-0.4, -0.2) is 75.5 Å². The Morgan fingerprint density at radius 3 is 1.59 bits per heavy atom. The van der Waals surface area contributed by atoms with Crippen molar-refractivity contribution in [3.8, 4) is 0 Å². The smallest absolute Gasteiger partial charge is 0.306 e. The van der Waals surface area contributed by atoms with Gasteiger partial charge >= 0.3 is 11.9 Å². The number of esters is 2. The summed E-state index contributed by atoms with van der Waals surface area (Å²) in [5.41, 5.74) is 0. The molecule has 0 aromatic heterocycles. The van der Waals surface area contributed by atoms with Crippen LogP contribution < -0.4 is 5.11 Å². The first-order chi connectivity index (χ1) is 22.1. The number of quaternary nitrogens is 1. The lowest BCUT2D eigenvalue weighted by atomic mass is 10.1. The zero-order chi connectivity index (χ0) is 34.3. The number of carboxylic acid groups (broad SMARTS) is 1. The summed E-state index contributed by atoms with van der Waals surface area (Å²) in [4.78, 5) is 36.5. The molecule has 270 valence electrons. The summed E-state index contributed by atoms with van der Waals surface area (Å²) in [7, 11) is 5.39. The van der Waals surface area contributed by atoms with Gasteiger partial charge in [-0.3, -0.25) is 9.59 Å². The molecule has 8 nitrogen and oxygen atoms in total. The fourth-order valence-electron chi connectivity index (χ4n) is 5.42. The minimum absolute atomic E-state index is 0.0390. The highest BCUT2D eigenvalue weighted by Gasteiger charge is 2.25. The zero-order valence-corrected chi connectivity index (χ0v) is 30.5. The number of hydrogen-bond acceptors (Lipinski definition) is 7. The number of carbonyl (C=O) groups excluding carboxylic acids is 3. The summed E-state index contributed by atoms with van der Waals surface area (Å²) < 4.78 is 17.0. The number of aliphatic carboxylic acids is 1. The predicted molar refractivity (Wildman–Crippen MR) is 185 cm³/mol. The Hall–Kier alpha value is -1.93. The third kappa shape index (κ3) is 28.3. The van der Waals surface area contributed by atoms with Crippen LogP contribution in [0.4, 0.5) is 0 Å². The topological polar surface area (TPSA) is 102 Å². The molecule has 0 rings (SSSR count). The van der Waals surface area contributed by atoms with Crippen molar-refractivity contribution >= 4 is 17.9 Å². The second-order valence-corrected chi connectivity index (χ2v) is 13.8. The average Bonchev–Trinajstić information content (AvgIpc) is 3.00. The summed E-state index contributed by atoms with van der Waals surface area (Å²) in [6.07, 6.45) is 28.1. The molecule has 2 atom stereocenters. The van der Waals surface area contributed by atoms with Crippen molar-refractivity contribution in [2.45, 2.75) is 174 Å². The molecular weight excluding hydrogens is 582 g/mol. The first kappa shape index (κ1) is 44.1. The number of likely N-dealkylation sites (N-methyl/N-ethyl adjacent to an activating group) is 1. The van der Waals surface area contributed by atoms with E-state index in [1.54, 1.807) is 21.1 Å². The van der Waals surface area contributed by atoms with E-state index in [2.05, 4.69) is 26.0 Å². The Morgan fingerprint density at radius 2 is 1.09 bits per heavy atom. The lowest BCUT2D eigenvalue weighted by molar-refractivity contribution is -0.889. The van der Waals surface area contributed by atoms with Gasteiger partial charge in [-0.1, -0.05) is 116 Å². The Bertz CT molecular complexity index is 778. The van der Waals surface area contributed by atoms with Gasteiger partial charge in [0.2, 0.25) is 0 Å². The Morgan fingerprint density at radius 1 is 0.630 bits per heavy atom. The van der Waals surface area contributed by atoms with E-state index in [0.717, 1.165) is 51.4 Å². The van der Waals surface area contributed by atoms with Gasteiger partial charge in [-0.2, -0.15) is 0 Å². The molecule has 0 heterocycles. The number of hydrogen-bond donors (Lipinski definition) is 0. The molecule has 46 heavy (non-hydrogen) atoms. The second-order valence-electron chi connectivity index (χ2n) is 13.8. The minimum atomic E-state index is -1.13. The lowest BCUT2D eigenvalue weighted by Crippen LogP contribution is -2.55. The fraction of sp³-hybridized carbons (Fsp3) is 0.868. The quantitative estimate of drug-likeness (QED) is 0.0308. The maximum atomic E-state index is 12.6. The van der Waals surface area contributed by atoms with Crippen LogP contribution in [-0.2, 0) is 28.6 Å². The second kappa shape index (κ2) is 30.4. The van der Waals surface area contributed by atoms with Crippen molar-refractivity contribution in [1.29, 1.82) is 0 Å². The highest BCUT2D eigenvalue weighted by atomic mass is 16.6. The van der Waals surface area contributed by atoms with Crippen molar-refractivity contribution in [2.24, 2.45) is 0 Å². The van der Waals surface area contributed by atoms with Gasteiger partial charge in [-0.05, 0) is 38.5 Å². The van der Waals surface area contributed by atoms with Crippen LogP contribution in [0.5, 0.6) is 0 Å². The zero-order valence-electron chi connectivity index (χ0n) is 30.5. The molecule has 0 aliphatic heterocycles. The fourth-order valence-corrected chi connectivity index (χ4v) is 5.42. The molecule has 0 amide bonds. The Labute approximate surface area is 282 Å². The SMILES string of the molecule is CCCCCCCC/C=C/CCCCCC(=O)OC(COCCC(C(=O)[O-])[N+](C)(C)C)COC(=O)CCCCCCCCCCC. The molecule has 8 heteroatoms. The molecule has 0 saturated heterocycles. The van der Waals surface area contributed by atoms with E-state index in [1.807, 2.05) is 0 Å². The molecule has 0 bridgehead atoms. The maximum absolute atomic E-state index is 12.6. The van der Waals surface area contributed by atoms with Gasteiger partial charge in [0, 0.05) is 19.3 Å². The van der Waals surface area contributed by atoms with Crippen molar-refractivity contribution in [3.05, 3.63) is 12.2 Å². The molecule has 0 aromatic carbocycles. The van der Waals surface area contributed by atoms with Crippen LogP contribution in [0.2, 0.25) is 0 Å². The summed E-state index contributed by atoms with van der Waals surface area (Å²) in [5, 5.41) is 11.5. The lowest BCUT2D eigenvalue weighted by Gasteiger charge is -2.34. The van der Waals surface area contributed by atoms with Gasteiger partial charge in [0.15, 0.2) is 6.10 Å². The standard InChI is InChI=1S/C38H71NO7/c1-6-8-10-12-14-16-17-18-19-21-23-25-27-29-37(41)46-34(32-44-31-30-35(38(42)43)39(3,4)5)33-45-36(40)28-26-24-22-20-15-13-11-9-7-2/h18-19,34-35H,6-17,20-33H2,1-5H3/b19-18+. The maximum Gasteiger partial charge on any atom is 0.306 e. The number of nitrogens with zero attached hydrogens (tertiary/aromatic N) is 1. The van der Waals surface area contributed by atoms with E-state index in [1.165, 1.54) is 77.0 Å². The number of ether oxygens (including phenoxy) is 3. The number of unbranched alkanes of at least 4 members (excludes halogenated alkanes) is 17. The van der Waals surface area contributed by atoms with E-state index in [0.29, 0.717) is 12.8 Å². The van der Waals surface area contributed by atoms with Crippen LogP contribution in [0.25, 0.3) is 0 Å². The molecule has 0 aromatic rings. The first-order valence-corrected chi connectivity index (χ1v) is 18.7. The summed E-state index contributed by atoms with van der Waals surface area (Å²) >= 11 is 0. The molecule has 2 unspecified atom stereocenters. The van der Waals surface area contributed by atoms with Crippen molar-refractivity contribution in [1.82, 2.24) is 0 Å². The summed E-state index contributed by atoms with van der Waals surface area (Å²) in [6.45, 7) is 4.61. The average molecular weight is 654 g/mol. The van der Waals surface area contributed by atoms with E-state index in [4.69, 9.17) is 14.2 Å². The van der Waals surface area contributed by atoms with Crippen LogP contribution >= 0.6 is 0 Å². The summed E-state index contributed by atoms with van der Waals surface area (Å²) in [6, 6.07) is -0.722. The van der Waals surface area contributed by atoms with E-state index >= 15 is 0 Å². The van der Waals surface area contributed by atoms with Crippen molar-refractivity contribution < 1.29 is 38.2 Å². The molecule has 0 saturated carbocycles.